The number of benzene rings is 2. The molecule has 0 saturated carbocycles. The highest BCUT2D eigenvalue weighted by Crippen LogP contribution is 2.09. The second-order valence-corrected chi connectivity index (χ2v) is 6.84. The van der Waals surface area contributed by atoms with Crippen LogP contribution in [-0.4, -0.2) is 48.7 Å². The first-order valence-electron chi connectivity index (χ1n) is 9.07. The zero-order chi connectivity index (χ0) is 20.7. The van der Waals surface area contributed by atoms with Gasteiger partial charge in [0.2, 0.25) is 0 Å². The molecule has 4 N–H and O–H groups in total. The Morgan fingerprint density at radius 1 is 0.786 bits per heavy atom. The summed E-state index contributed by atoms with van der Waals surface area (Å²) < 4.78 is 25.9. The quantitative estimate of drug-likeness (QED) is 0.609. The molecule has 0 radical (unpaired) electrons. The molecule has 0 aromatic heterocycles. The number of carbonyl (C=O) groups excluding carboxylic acids is 2. The summed E-state index contributed by atoms with van der Waals surface area (Å²) in [5.74, 6) is -1.29. The van der Waals surface area contributed by atoms with Crippen LogP contribution in [0.2, 0.25) is 0 Å². The lowest BCUT2D eigenvalue weighted by atomic mass is 10.0. The third-order valence-corrected chi connectivity index (χ3v) is 4.57. The summed E-state index contributed by atoms with van der Waals surface area (Å²) in [5, 5.41) is 0. The van der Waals surface area contributed by atoms with Gasteiger partial charge in [-0.15, -0.1) is 0 Å². The van der Waals surface area contributed by atoms with E-state index >= 15 is 0 Å². The van der Waals surface area contributed by atoms with E-state index in [0.29, 0.717) is 37.1 Å². The first-order chi connectivity index (χ1) is 13.3. The van der Waals surface area contributed by atoms with Crippen LogP contribution < -0.4 is 11.5 Å². The molecule has 0 aliphatic rings. The van der Waals surface area contributed by atoms with Crippen LogP contribution in [0.5, 0.6) is 0 Å². The molecule has 0 fully saturated rings. The van der Waals surface area contributed by atoms with E-state index in [9.17, 15) is 18.4 Å². The summed E-state index contributed by atoms with van der Waals surface area (Å²) in [4.78, 5) is 26.4. The minimum Gasteiger partial charge on any atom is -0.321 e. The van der Waals surface area contributed by atoms with E-state index in [1.807, 2.05) is 11.9 Å². The molecule has 0 aliphatic heterocycles. The maximum absolute atomic E-state index is 12.9. The molecule has 2 aromatic rings. The standard InChI is InChI=1S/C21H25F2N3O2/c1-26(12-10-18(24)20(27)14-2-6-16(22)7-3-14)13-11-19(25)21(28)15-4-8-17(23)9-5-15/h2-9,18-19H,10-13,24-25H2,1H3. The van der Waals surface area contributed by atoms with Crippen molar-refractivity contribution in [3.8, 4) is 0 Å². The third-order valence-electron chi connectivity index (χ3n) is 4.57. The van der Waals surface area contributed by atoms with E-state index in [0.717, 1.165) is 0 Å². The van der Waals surface area contributed by atoms with Gasteiger partial charge in [0, 0.05) is 11.1 Å². The highest BCUT2D eigenvalue weighted by atomic mass is 19.1. The number of rotatable bonds is 10. The van der Waals surface area contributed by atoms with Crippen molar-refractivity contribution in [2.45, 2.75) is 24.9 Å². The predicted molar refractivity (Wildman–Crippen MR) is 104 cm³/mol. The monoisotopic (exact) mass is 389 g/mol. The molecule has 7 heteroatoms. The van der Waals surface area contributed by atoms with Crippen molar-refractivity contribution in [3.05, 3.63) is 71.3 Å². The number of nitrogens with two attached hydrogens (primary N) is 2. The van der Waals surface area contributed by atoms with Gasteiger partial charge >= 0.3 is 0 Å². The summed E-state index contributed by atoms with van der Waals surface area (Å²) in [6.45, 7) is 1.09. The lowest BCUT2D eigenvalue weighted by Crippen LogP contribution is -2.37. The molecule has 0 amide bonds. The molecule has 2 atom stereocenters. The molecule has 5 nitrogen and oxygen atoms in total. The van der Waals surface area contributed by atoms with Crippen LogP contribution in [0, 0.1) is 11.6 Å². The first kappa shape index (κ1) is 21.8. The van der Waals surface area contributed by atoms with Gasteiger partial charge in [-0.25, -0.2) is 8.78 Å². The van der Waals surface area contributed by atoms with Crippen molar-refractivity contribution >= 4 is 11.6 Å². The topological polar surface area (TPSA) is 89.4 Å². The molecular weight excluding hydrogens is 364 g/mol. The van der Waals surface area contributed by atoms with Gasteiger partial charge in [0.05, 0.1) is 12.1 Å². The van der Waals surface area contributed by atoms with E-state index in [-0.39, 0.29) is 11.6 Å². The fourth-order valence-electron chi connectivity index (χ4n) is 2.75. The lowest BCUT2D eigenvalue weighted by molar-refractivity contribution is 0.0951. The fourth-order valence-corrected chi connectivity index (χ4v) is 2.75. The lowest BCUT2D eigenvalue weighted by Gasteiger charge is -2.20. The Balaban J connectivity index is 1.76. The van der Waals surface area contributed by atoms with E-state index in [4.69, 9.17) is 11.5 Å². The molecule has 150 valence electrons. The maximum atomic E-state index is 12.9. The molecule has 2 unspecified atom stereocenters. The Hall–Kier alpha value is -2.48. The number of hydrogen-bond donors (Lipinski definition) is 2. The van der Waals surface area contributed by atoms with Crippen LogP contribution in [0.1, 0.15) is 33.6 Å². The number of nitrogens with zero attached hydrogens (tertiary/aromatic N) is 1. The van der Waals surface area contributed by atoms with E-state index in [1.165, 1.54) is 48.5 Å². The Kier molecular flexibility index (Phi) is 7.92. The molecule has 0 bridgehead atoms. The zero-order valence-electron chi connectivity index (χ0n) is 15.8. The third kappa shape index (κ3) is 6.30. The molecular formula is C21H25F2N3O2. The van der Waals surface area contributed by atoms with Gasteiger partial charge in [-0.1, -0.05) is 0 Å². The minimum atomic E-state index is -0.692. The Morgan fingerprint density at radius 3 is 1.43 bits per heavy atom. The summed E-state index contributed by atoms with van der Waals surface area (Å²) in [6.07, 6.45) is 0.849. The number of halogens is 2. The minimum absolute atomic E-state index is 0.239. The zero-order valence-corrected chi connectivity index (χ0v) is 15.8. The second kappa shape index (κ2) is 10.2. The van der Waals surface area contributed by atoms with Crippen LogP contribution in [0.25, 0.3) is 0 Å². The average Bonchev–Trinajstić information content (AvgIpc) is 2.70. The van der Waals surface area contributed by atoms with Crippen molar-refractivity contribution in [1.82, 2.24) is 4.90 Å². The van der Waals surface area contributed by atoms with Gasteiger partial charge in [0.1, 0.15) is 11.6 Å². The van der Waals surface area contributed by atoms with Gasteiger partial charge in [-0.2, -0.15) is 0 Å². The van der Waals surface area contributed by atoms with Crippen molar-refractivity contribution in [3.63, 3.8) is 0 Å². The molecule has 0 spiro atoms. The highest BCUT2D eigenvalue weighted by Gasteiger charge is 2.18. The molecule has 28 heavy (non-hydrogen) atoms. The van der Waals surface area contributed by atoms with Crippen molar-refractivity contribution in [2.75, 3.05) is 20.1 Å². The fraction of sp³-hybridized carbons (Fsp3) is 0.333. The number of hydrogen-bond acceptors (Lipinski definition) is 5. The van der Waals surface area contributed by atoms with E-state index < -0.39 is 23.7 Å². The van der Waals surface area contributed by atoms with Gasteiger partial charge in [-0.3, -0.25) is 9.59 Å². The van der Waals surface area contributed by atoms with Gasteiger partial charge in [0.15, 0.2) is 11.6 Å². The molecule has 0 aliphatic carbocycles. The van der Waals surface area contributed by atoms with Crippen molar-refractivity contribution < 1.29 is 18.4 Å². The summed E-state index contributed by atoms with van der Waals surface area (Å²) in [6, 6.07) is 9.20. The van der Waals surface area contributed by atoms with Crippen LogP contribution in [-0.2, 0) is 0 Å². The molecule has 0 saturated heterocycles. The maximum Gasteiger partial charge on any atom is 0.179 e. The Morgan fingerprint density at radius 2 is 1.11 bits per heavy atom. The first-order valence-corrected chi connectivity index (χ1v) is 9.07. The van der Waals surface area contributed by atoms with E-state index in [1.54, 1.807) is 0 Å². The predicted octanol–water partition coefficient (Wildman–Crippen LogP) is 2.40. The number of carbonyl (C=O) groups is 2. The summed E-state index contributed by atoms with van der Waals surface area (Å²) in [5.41, 5.74) is 12.7. The van der Waals surface area contributed by atoms with Crippen LogP contribution in [0.3, 0.4) is 0 Å². The second-order valence-electron chi connectivity index (χ2n) is 6.84. The highest BCUT2D eigenvalue weighted by molar-refractivity contribution is 6.00. The number of ketones is 2. The van der Waals surface area contributed by atoms with Gasteiger partial charge < -0.3 is 16.4 Å². The summed E-state index contributed by atoms with van der Waals surface area (Å²) >= 11 is 0. The molecule has 0 heterocycles. The van der Waals surface area contributed by atoms with Crippen LogP contribution in [0.4, 0.5) is 8.78 Å². The normalized spacial score (nSPS) is 13.4. The van der Waals surface area contributed by atoms with E-state index in [2.05, 4.69) is 0 Å². The molecule has 2 aromatic carbocycles. The van der Waals surface area contributed by atoms with Crippen LogP contribution >= 0.6 is 0 Å². The van der Waals surface area contributed by atoms with Gasteiger partial charge in [0.25, 0.3) is 0 Å². The number of Topliss-reactive ketones (excluding diaryl/α,β-unsaturated/α-hetero) is 2. The molecule has 2 rings (SSSR count). The SMILES string of the molecule is CN(CCC(N)C(=O)c1ccc(F)cc1)CCC(N)C(=O)c1ccc(F)cc1. The Labute approximate surface area is 163 Å². The summed E-state index contributed by atoms with van der Waals surface area (Å²) in [7, 11) is 1.85. The largest absolute Gasteiger partial charge is 0.321 e. The van der Waals surface area contributed by atoms with Crippen LogP contribution in [0.15, 0.2) is 48.5 Å². The smallest absolute Gasteiger partial charge is 0.179 e. The Bertz CT molecular complexity index is 727. The van der Waals surface area contributed by atoms with Gasteiger partial charge in [-0.05, 0) is 81.5 Å². The van der Waals surface area contributed by atoms with Crippen molar-refractivity contribution in [1.29, 1.82) is 0 Å². The van der Waals surface area contributed by atoms with Crippen molar-refractivity contribution in [2.24, 2.45) is 11.5 Å². The average molecular weight is 389 g/mol.